The summed E-state index contributed by atoms with van der Waals surface area (Å²) in [6.45, 7) is 2.08. The van der Waals surface area contributed by atoms with Gasteiger partial charge < -0.3 is 19.5 Å². The first-order valence-electron chi connectivity index (χ1n) is 8.34. The van der Waals surface area contributed by atoms with Gasteiger partial charge in [0.2, 0.25) is 5.91 Å². The molecule has 6 nitrogen and oxygen atoms in total. The van der Waals surface area contributed by atoms with Gasteiger partial charge in [-0.05, 0) is 55.3 Å². The van der Waals surface area contributed by atoms with E-state index in [4.69, 9.17) is 14.2 Å². The predicted octanol–water partition coefficient (Wildman–Crippen LogP) is 3.45. The number of hydrogen-bond acceptors (Lipinski definition) is 5. The molecule has 0 spiro atoms. The van der Waals surface area contributed by atoms with Crippen LogP contribution in [-0.4, -0.2) is 32.7 Å². The summed E-state index contributed by atoms with van der Waals surface area (Å²) in [4.78, 5) is 23.8. The Balaban J connectivity index is 1.92. The molecule has 1 amide bonds. The van der Waals surface area contributed by atoms with Crippen molar-refractivity contribution in [2.75, 3.05) is 26.1 Å². The Morgan fingerprint density at radius 3 is 2.12 bits per heavy atom. The number of nitrogens with one attached hydrogen (secondary N) is 1. The summed E-state index contributed by atoms with van der Waals surface area (Å²) in [5.74, 6) is 0.886. The third-order valence-electron chi connectivity index (χ3n) is 3.73. The molecule has 2 rings (SSSR count). The zero-order chi connectivity index (χ0) is 18.9. The van der Waals surface area contributed by atoms with Crippen molar-refractivity contribution in [1.29, 1.82) is 0 Å². The zero-order valence-electron chi connectivity index (χ0n) is 15.2. The Kier molecular flexibility index (Phi) is 7.02. The Morgan fingerprint density at radius 1 is 0.962 bits per heavy atom. The van der Waals surface area contributed by atoms with Gasteiger partial charge in [-0.2, -0.15) is 0 Å². The molecule has 0 bridgehead atoms. The fraction of sp³-hybridized carbons (Fsp3) is 0.300. The van der Waals surface area contributed by atoms with Crippen LogP contribution in [0.25, 0.3) is 0 Å². The van der Waals surface area contributed by atoms with Gasteiger partial charge in [0.25, 0.3) is 0 Å². The number of ether oxygens (including phenoxy) is 3. The Morgan fingerprint density at radius 2 is 1.58 bits per heavy atom. The van der Waals surface area contributed by atoms with Crippen molar-refractivity contribution < 1.29 is 23.8 Å². The Hall–Kier alpha value is -3.02. The molecule has 1 N–H and O–H groups in total. The number of amides is 1. The lowest BCUT2D eigenvalue weighted by Crippen LogP contribution is -2.12. The molecule has 0 saturated carbocycles. The van der Waals surface area contributed by atoms with E-state index in [-0.39, 0.29) is 11.9 Å². The van der Waals surface area contributed by atoms with Crippen molar-refractivity contribution in [3.05, 3.63) is 53.6 Å². The number of rotatable bonds is 8. The highest BCUT2D eigenvalue weighted by molar-refractivity contribution is 5.93. The summed E-state index contributed by atoms with van der Waals surface area (Å²) in [5.41, 5.74) is 2.04. The lowest BCUT2D eigenvalue weighted by Gasteiger charge is -2.09. The molecule has 0 aromatic heterocycles. The Labute approximate surface area is 153 Å². The van der Waals surface area contributed by atoms with E-state index in [1.54, 1.807) is 51.5 Å². The number of aryl methyl sites for hydroxylation is 1. The molecule has 0 saturated heterocycles. The molecule has 0 fully saturated rings. The first-order valence-corrected chi connectivity index (χ1v) is 8.34. The summed E-state index contributed by atoms with van der Waals surface area (Å²) in [7, 11) is 3.18. The summed E-state index contributed by atoms with van der Waals surface area (Å²) in [6, 6.07) is 12.2. The fourth-order valence-electron chi connectivity index (χ4n) is 2.40. The van der Waals surface area contributed by atoms with Gasteiger partial charge in [0.15, 0.2) is 0 Å². The zero-order valence-corrected chi connectivity index (χ0v) is 15.2. The first kappa shape index (κ1) is 19.3. The van der Waals surface area contributed by atoms with Crippen molar-refractivity contribution in [1.82, 2.24) is 0 Å². The van der Waals surface area contributed by atoms with Gasteiger partial charge in [0, 0.05) is 18.2 Å². The van der Waals surface area contributed by atoms with Gasteiger partial charge in [-0.25, -0.2) is 4.79 Å². The van der Waals surface area contributed by atoms with Crippen LogP contribution in [0.5, 0.6) is 11.5 Å². The van der Waals surface area contributed by atoms with Crippen molar-refractivity contribution in [3.8, 4) is 11.5 Å². The summed E-state index contributed by atoms with van der Waals surface area (Å²) >= 11 is 0. The van der Waals surface area contributed by atoms with Crippen LogP contribution in [0, 0.1) is 0 Å². The second-order valence-corrected chi connectivity index (χ2v) is 5.57. The van der Waals surface area contributed by atoms with E-state index < -0.39 is 0 Å². The number of hydrogen-bond donors (Lipinski definition) is 1. The molecular formula is C20H23NO5. The SMILES string of the molecule is CCOC(=O)c1ccc(NC(=O)CCc2cc(OC)cc(OC)c2)cc1. The minimum atomic E-state index is -0.377. The lowest BCUT2D eigenvalue weighted by molar-refractivity contribution is -0.116. The number of esters is 1. The molecule has 0 radical (unpaired) electrons. The van der Waals surface area contributed by atoms with Crippen molar-refractivity contribution in [2.45, 2.75) is 19.8 Å². The van der Waals surface area contributed by atoms with Gasteiger partial charge in [0.1, 0.15) is 11.5 Å². The highest BCUT2D eigenvalue weighted by Crippen LogP contribution is 2.23. The molecule has 0 unspecified atom stereocenters. The largest absolute Gasteiger partial charge is 0.497 e. The highest BCUT2D eigenvalue weighted by Gasteiger charge is 2.08. The average Bonchev–Trinajstić information content (AvgIpc) is 2.66. The second kappa shape index (κ2) is 9.46. The van der Waals surface area contributed by atoms with Crippen LogP contribution < -0.4 is 14.8 Å². The van der Waals surface area contributed by atoms with Crippen LogP contribution in [0.4, 0.5) is 5.69 Å². The van der Waals surface area contributed by atoms with Crippen molar-refractivity contribution in [3.63, 3.8) is 0 Å². The molecule has 2 aromatic carbocycles. The number of carbonyl (C=O) groups excluding carboxylic acids is 2. The maximum absolute atomic E-state index is 12.2. The molecule has 0 aliphatic rings. The van der Waals surface area contributed by atoms with E-state index in [1.165, 1.54) is 0 Å². The van der Waals surface area contributed by atoms with Gasteiger partial charge >= 0.3 is 5.97 Å². The van der Waals surface area contributed by atoms with Crippen molar-refractivity contribution >= 4 is 17.6 Å². The quantitative estimate of drug-likeness (QED) is 0.733. The standard InChI is InChI=1S/C20H23NO5/c1-4-26-20(23)15-6-8-16(9-7-15)21-19(22)10-5-14-11-17(24-2)13-18(12-14)25-3/h6-9,11-13H,4-5,10H2,1-3H3,(H,21,22). The van der Waals surface area contributed by atoms with Crippen LogP contribution in [0.1, 0.15) is 29.3 Å². The van der Waals surface area contributed by atoms with E-state index in [2.05, 4.69) is 5.32 Å². The first-order chi connectivity index (χ1) is 12.5. The third-order valence-corrected chi connectivity index (χ3v) is 3.73. The van der Waals surface area contributed by atoms with E-state index in [1.807, 2.05) is 12.1 Å². The molecule has 0 aliphatic heterocycles. The van der Waals surface area contributed by atoms with Gasteiger partial charge in [-0.3, -0.25) is 4.79 Å². The number of carbonyl (C=O) groups is 2. The molecule has 0 aliphatic carbocycles. The number of anilines is 1. The van der Waals surface area contributed by atoms with E-state index >= 15 is 0 Å². The highest BCUT2D eigenvalue weighted by atomic mass is 16.5. The minimum Gasteiger partial charge on any atom is -0.497 e. The molecule has 6 heteroatoms. The smallest absolute Gasteiger partial charge is 0.338 e. The van der Waals surface area contributed by atoms with Crippen LogP contribution in [0.2, 0.25) is 0 Å². The number of benzene rings is 2. The van der Waals surface area contributed by atoms with E-state index in [0.29, 0.717) is 42.2 Å². The van der Waals surface area contributed by atoms with Crippen LogP contribution >= 0.6 is 0 Å². The molecule has 0 heterocycles. The molecule has 138 valence electrons. The normalized spacial score (nSPS) is 10.1. The fourth-order valence-corrected chi connectivity index (χ4v) is 2.40. The maximum Gasteiger partial charge on any atom is 0.338 e. The van der Waals surface area contributed by atoms with Crippen LogP contribution in [0.3, 0.4) is 0 Å². The number of methoxy groups -OCH3 is 2. The van der Waals surface area contributed by atoms with E-state index in [9.17, 15) is 9.59 Å². The summed E-state index contributed by atoms with van der Waals surface area (Å²) < 4.78 is 15.4. The minimum absolute atomic E-state index is 0.115. The van der Waals surface area contributed by atoms with Gasteiger partial charge in [-0.15, -0.1) is 0 Å². The summed E-state index contributed by atoms with van der Waals surface area (Å²) in [6.07, 6.45) is 0.871. The third kappa shape index (κ3) is 5.51. The topological polar surface area (TPSA) is 73.9 Å². The second-order valence-electron chi connectivity index (χ2n) is 5.57. The predicted molar refractivity (Wildman–Crippen MR) is 98.9 cm³/mol. The van der Waals surface area contributed by atoms with Gasteiger partial charge in [0.05, 0.1) is 26.4 Å². The Bertz CT molecular complexity index is 733. The molecular weight excluding hydrogens is 334 g/mol. The molecule has 26 heavy (non-hydrogen) atoms. The maximum atomic E-state index is 12.2. The van der Waals surface area contributed by atoms with Gasteiger partial charge in [-0.1, -0.05) is 0 Å². The van der Waals surface area contributed by atoms with Crippen LogP contribution in [-0.2, 0) is 16.0 Å². The van der Waals surface area contributed by atoms with Crippen LogP contribution in [0.15, 0.2) is 42.5 Å². The van der Waals surface area contributed by atoms with Crippen molar-refractivity contribution in [2.24, 2.45) is 0 Å². The lowest BCUT2D eigenvalue weighted by atomic mass is 10.1. The monoisotopic (exact) mass is 357 g/mol. The average molecular weight is 357 g/mol. The molecule has 0 atom stereocenters. The summed E-state index contributed by atoms with van der Waals surface area (Å²) in [5, 5.41) is 2.81. The van der Waals surface area contributed by atoms with E-state index in [0.717, 1.165) is 5.56 Å². The molecule has 2 aromatic rings.